The van der Waals surface area contributed by atoms with Gasteiger partial charge in [-0.25, -0.2) is 0 Å². The molecule has 3 atom stereocenters. The lowest BCUT2D eigenvalue weighted by atomic mass is 9.71. The van der Waals surface area contributed by atoms with Crippen LogP contribution in [0.4, 0.5) is 22.7 Å². The van der Waals surface area contributed by atoms with Crippen LogP contribution >= 0.6 is 22.7 Å². The van der Waals surface area contributed by atoms with Crippen molar-refractivity contribution in [3.8, 4) is 0 Å². The molecule has 8 aromatic carbocycles. The van der Waals surface area contributed by atoms with Crippen molar-refractivity contribution in [2.45, 2.75) is 86.0 Å². The first-order valence-corrected chi connectivity index (χ1v) is 27.7. The average molecular weight is 959 g/mol. The summed E-state index contributed by atoms with van der Waals surface area (Å²) in [6.45, 7) is 19.2. The minimum Gasteiger partial charge on any atom is -0.314 e. The van der Waals surface area contributed by atoms with E-state index in [1.807, 2.05) is 22.7 Å². The van der Waals surface area contributed by atoms with Crippen molar-refractivity contribution in [3.63, 3.8) is 0 Å². The molecule has 0 radical (unpaired) electrons. The van der Waals surface area contributed by atoms with E-state index in [1.54, 1.807) is 0 Å². The monoisotopic (exact) mass is 958 g/mol. The van der Waals surface area contributed by atoms with Crippen LogP contribution in [0.3, 0.4) is 0 Å². The van der Waals surface area contributed by atoms with Gasteiger partial charge in [0.05, 0.1) is 0 Å². The summed E-state index contributed by atoms with van der Waals surface area (Å²) in [4.78, 5) is 6.63. The van der Waals surface area contributed by atoms with Crippen LogP contribution in [-0.4, -0.2) is 0 Å². The highest BCUT2D eigenvalue weighted by molar-refractivity contribution is 7.26. The fourth-order valence-corrected chi connectivity index (χ4v) is 15.0. The van der Waals surface area contributed by atoms with Crippen molar-refractivity contribution >= 4 is 114 Å². The first-order chi connectivity index (χ1) is 34.4. The zero-order valence-corrected chi connectivity index (χ0v) is 43.9. The molecular weight excluding hydrogens is 897 g/mol. The maximum absolute atomic E-state index is 2.66. The van der Waals surface area contributed by atoms with Gasteiger partial charge >= 0.3 is 0 Å². The van der Waals surface area contributed by atoms with Crippen LogP contribution in [0.15, 0.2) is 169 Å². The summed E-state index contributed by atoms with van der Waals surface area (Å²) in [6.07, 6.45) is 13.2. The summed E-state index contributed by atoms with van der Waals surface area (Å²) in [5.41, 5.74) is 13.4. The molecule has 0 fully saturated rings. The first-order valence-electron chi connectivity index (χ1n) is 26.1. The second-order valence-electron chi connectivity index (χ2n) is 22.4. The molecule has 0 saturated carbocycles. The zero-order valence-electron chi connectivity index (χ0n) is 42.3. The van der Waals surface area contributed by atoms with Crippen molar-refractivity contribution < 1.29 is 0 Å². The molecule has 3 unspecified atom stereocenters. The average Bonchev–Trinajstić information content (AvgIpc) is 3.89. The Morgan fingerprint density at radius 3 is 1.94 bits per heavy atom. The van der Waals surface area contributed by atoms with Gasteiger partial charge in [-0.3, -0.25) is 0 Å². The van der Waals surface area contributed by atoms with Gasteiger partial charge in [0.2, 0.25) is 0 Å². The van der Waals surface area contributed by atoms with Gasteiger partial charge in [0.25, 0.3) is 0 Å². The third kappa shape index (κ3) is 7.38. The van der Waals surface area contributed by atoms with Gasteiger partial charge < -0.3 is 9.80 Å². The number of benzene rings is 8. The number of aryl methyl sites for hydroxylation is 1. The number of nitrogens with zero attached hydrogens (tertiary/aromatic N) is 2. The van der Waals surface area contributed by atoms with Gasteiger partial charge in [-0.1, -0.05) is 140 Å². The Bertz CT molecular complexity index is 3890. The number of anilines is 4. The van der Waals surface area contributed by atoms with Crippen molar-refractivity contribution in [3.05, 3.63) is 196 Å². The topological polar surface area (TPSA) is 6.48 Å². The van der Waals surface area contributed by atoms with E-state index in [9.17, 15) is 0 Å². The summed E-state index contributed by atoms with van der Waals surface area (Å²) < 4.78 is 4.05. The van der Waals surface area contributed by atoms with Crippen molar-refractivity contribution in [1.29, 1.82) is 0 Å². The molecule has 3 aliphatic carbocycles. The number of allylic oxidation sites excluding steroid dienone is 4. The minimum atomic E-state index is -0.0190. The predicted molar refractivity (Wildman–Crippen MR) is 312 cm³/mol. The van der Waals surface area contributed by atoms with Crippen LogP contribution in [0.1, 0.15) is 94.9 Å². The first kappa shape index (κ1) is 44.5. The third-order valence-corrected chi connectivity index (χ3v) is 18.9. The summed E-state index contributed by atoms with van der Waals surface area (Å²) >= 11 is 3.88. The molecule has 2 heterocycles. The molecule has 13 rings (SSSR count). The molecule has 2 nitrogen and oxygen atoms in total. The number of hydrogen-bond donors (Lipinski definition) is 0. The van der Waals surface area contributed by atoms with Gasteiger partial charge in [0.15, 0.2) is 0 Å². The Kier molecular flexibility index (Phi) is 10.5. The van der Waals surface area contributed by atoms with Gasteiger partial charge in [-0.05, 0) is 187 Å². The Hall–Kier alpha value is -6.46. The van der Waals surface area contributed by atoms with Gasteiger partial charge in [-0.2, -0.15) is 0 Å². The molecule has 71 heavy (non-hydrogen) atoms. The zero-order chi connectivity index (χ0) is 48.4. The molecule has 4 heteroatoms. The largest absolute Gasteiger partial charge is 0.314 e. The lowest BCUT2D eigenvalue weighted by Gasteiger charge is -2.40. The molecule has 0 saturated heterocycles. The maximum Gasteiger partial charge on any atom is 0.0500 e. The molecule has 352 valence electrons. The normalized spacial score (nSPS) is 18.6. The minimum absolute atomic E-state index is 0.0190. The summed E-state index contributed by atoms with van der Waals surface area (Å²) in [6, 6.07) is 53.8. The molecule has 0 aliphatic heterocycles. The highest BCUT2D eigenvalue weighted by atomic mass is 32.1. The highest BCUT2D eigenvalue weighted by Gasteiger charge is 2.35. The van der Waals surface area contributed by atoms with E-state index in [0.717, 1.165) is 19.3 Å². The Morgan fingerprint density at radius 2 is 1.25 bits per heavy atom. The van der Waals surface area contributed by atoms with E-state index < -0.39 is 0 Å². The van der Waals surface area contributed by atoms with E-state index in [0.29, 0.717) is 29.6 Å². The van der Waals surface area contributed by atoms with Crippen LogP contribution in [0, 0.1) is 23.7 Å². The lowest BCUT2D eigenvalue weighted by molar-refractivity contribution is 0.379. The summed E-state index contributed by atoms with van der Waals surface area (Å²) in [5, 5.41) is 12.1. The van der Waals surface area contributed by atoms with Crippen LogP contribution in [0.5, 0.6) is 0 Å². The molecule has 3 aliphatic rings. The smallest absolute Gasteiger partial charge is 0.0500 e. The standard InChI is InChI=1S/C67H62N2S2/c1-39(2)43-17-20-49(21-18-43)68(51-23-25-54-57-32-44-13-9-11-15-46(44)34-62(57)70-64(54)37-51)60-26-19-48-31-52(36-59-66(48)55(60)27-28-67(59,7)8)69(50-22-24-53(40(3)4)41(5)29-50)61-38-65-56(30-42(61)6)58-33-45-14-10-12-16-47(45)35-63(58)71-65/h9-26,29,31-42,53H,27-28,30H2,1-8H3. The molecule has 0 amide bonds. The Morgan fingerprint density at radius 1 is 0.592 bits per heavy atom. The second kappa shape index (κ2) is 16.8. The Labute approximate surface area is 427 Å². The van der Waals surface area contributed by atoms with Crippen LogP contribution in [0.2, 0.25) is 0 Å². The fourth-order valence-electron chi connectivity index (χ4n) is 12.6. The molecule has 0 spiro atoms. The van der Waals surface area contributed by atoms with E-state index in [1.165, 1.54) is 124 Å². The predicted octanol–water partition coefficient (Wildman–Crippen LogP) is 19.9. The number of rotatable bonds is 8. The molecule has 0 bridgehead atoms. The maximum atomic E-state index is 2.66. The fraction of sp³-hybridized carbons (Fsp3) is 0.254. The summed E-state index contributed by atoms with van der Waals surface area (Å²) in [7, 11) is 0. The summed E-state index contributed by atoms with van der Waals surface area (Å²) in [5.74, 6) is 2.31. The second-order valence-corrected chi connectivity index (χ2v) is 24.5. The van der Waals surface area contributed by atoms with E-state index >= 15 is 0 Å². The number of fused-ring (bicyclic) bond motifs is 8. The quantitative estimate of drug-likeness (QED) is 0.150. The lowest BCUT2D eigenvalue weighted by Crippen LogP contribution is -2.31. The van der Waals surface area contributed by atoms with Crippen LogP contribution in [0.25, 0.3) is 68.7 Å². The number of hydrogen-bond acceptors (Lipinski definition) is 4. The van der Waals surface area contributed by atoms with Gasteiger partial charge in [-0.15, -0.1) is 22.7 Å². The van der Waals surface area contributed by atoms with E-state index in [4.69, 9.17) is 0 Å². The molecule has 10 aromatic rings. The highest BCUT2D eigenvalue weighted by Crippen LogP contribution is 2.52. The van der Waals surface area contributed by atoms with Gasteiger partial charge in [0, 0.05) is 69.8 Å². The van der Waals surface area contributed by atoms with Crippen molar-refractivity contribution in [1.82, 2.24) is 0 Å². The number of thiophene rings is 2. The van der Waals surface area contributed by atoms with Crippen LogP contribution < -0.4 is 9.80 Å². The van der Waals surface area contributed by atoms with E-state index in [2.05, 4.69) is 229 Å². The Balaban J connectivity index is 0.989. The third-order valence-electron chi connectivity index (χ3n) is 16.6. The molecule has 0 N–H and O–H groups in total. The van der Waals surface area contributed by atoms with Gasteiger partial charge in [0.1, 0.15) is 0 Å². The van der Waals surface area contributed by atoms with E-state index in [-0.39, 0.29) is 5.41 Å². The molecular formula is C67H62N2S2. The van der Waals surface area contributed by atoms with Crippen molar-refractivity contribution in [2.75, 3.05) is 9.80 Å². The van der Waals surface area contributed by atoms with Crippen molar-refractivity contribution in [2.24, 2.45) is 23.7 Å². The van der Waals surface area contributed by atoms with Crippen LogP contribution in [-0.2, 0) is 18.3 Å². The molecule has 2 aromatic heterocycles. The SMILES string of the molecule is CC1Cc2c(sc3cc4ccccc4cc23)C=C1N(C1=CC(C)C(C(C)C)C=C1)c1cc2c3c(c(N(c4ccc(C(C)C)cc4)c4ccc5c(c4)sc4cc6ccccc6cc45)ccc3c1)CCC2(C)C.